The summed E-state index contributed by atoms with van der Waals surface area (Å²) in [5.41, 5.74) is 0.794. The number of rotatable bonds is 6. The van der Waals surface area contributed by atoms with Crippen LogP contribution < -0.4 is 20.1 Å². The number of fused-ring (bicyclic) bond motifs is 1. The predicted molar refractivity (Wildman–Crippen MR) is 121 cm³/mol. The van der Waals surface area contributed by atoms with Crippen molar-refractivity contribution < 1.29 is 18.6 Å². The van der Waals surface area contributed by atoms with Crippen molar-refractivity contribution >= 4 is 45.6 Å². The third kappa shape index (κ3) is 4.41. The van der Waals surface area contributed by atoms with E-state index in [0.29, 0.717) is 41.4 Å². The van der Waals surface area contributed by atoms with Crippen LogP contribution in [0.25, 0.3) is 10.9 Å². The lowest BCUT2D eigenvalue weighted by atomic mass is 10.1. The van der Waals surface area contributed by atoms with Gasteiger partial charge < -0.3 is 24.8 Å². The molecule has 0 saturated carbocycles. The smallest absolute Gasteiger partial charge is 0.166 e. The molecule has 0 bridgehead atoms. The Morgan fingerprint density at radius 3 is 2.53 bits per heavy atom. The Bertz CT molecular complexity index is 1140. The highest BCUT2D eigenvalue weighted by Gasteiger charge is 2.25. The van der Waals surface area contributed by atoms with Gasteiger partial charge in [-0.1, -0.05) is 23.2 Å². The molecule has 2 saturated heterocycles. The van der Waals surface area contributed by atoms with Gasteiger partial charge >= 0.3 is 0 Å². The summed E-state index contributed by atoms with van der Waals surface area (Å²) >= 11 is 11.9. The van der Waals surface area contributed by atoms with E-state index in [-0.39, 0.29) is 27.9 Å². The zero-order chi connectivity index (χ0) is 22.1. The van der Waals surface area contributed by atoms with E-state index in [1.54, 1.807) is 0 Å². The molecule has 7 nitrogen and oxygen atoms in total. The van der Waals surface area contributed by atoms with Crippen LogP contribution in [0.5, 0.6) is 11.5 Å². The summed E-state index contributed by atoms with van der Waals surface area (Å²) in [5.74, 6) is 0.974. The number of aromatic nitrogens is 2. The molecule has 5 rings (SSSR count). The van der Waals surface area contributed by atoms with Gasteiger partial charge in [0, 0.05) is 11.5 Å². The van der Waals surface area contributed by atoms with Crippen molar-refractivity contribution in [3.63, 3.8) is 0 Å². The number of nitrogens with zero attached hydrogens (tertiary/aromatic N) is 2. The first-order valence-corrected chi connectivity index (χ1v) is 11.1. The number of nitrogens with one attached hydrogen (secondary N) is 2. The van der Waals surface area contributed by atoms with E-state index in [9.17, 15) is 4.39 Å². The van der Waals surface area contributed by atoms with Crippen molar-refractivity contribution in [1.29, 1.82) is 0 Å². The second-order valence-corrected chi connectivity index (χ2v) is 8.52. The van der Waals surface area contributed by atoms with Crippen molar-refractivity contribution in [2.24, 2.45) is 0 Å². The van der Waals surface area contributed by atoms with Gasteiger partial charge in [0.15, 0.2) is 17.3 Å². The van der Waals surface area contributed by atoms with Crippen LogP contribution in [0.4, 0.5) is 15.9 Å². The number of ether oxygens (including phenoxy) is 3. The van der Waals surface area contributed by atoms with Crippen molar-refractivity contribution in [3.8, 4) is 11.5 Å². The van der Waals surface area contributed by atoms with Crippen LogP contribution in [0.2, 0.25) is 10.0 Å². The van der Waals surface area contributed by atoms with Gasteiger partial charge in [0.25, 0.3) is 0 Å². The van der Waals surface area contributed by atoms with Crippen LogP contribution >= 0.6 is 23.2 Å². The topological polar surface area (TPSA) is 77.5 Å². The van der Waals surface area contributed by atoms with Crippen molar-refractivity contribution in [2.45, 2.75) is 25.0 Å². The third-order valence-electron chi connectivity index (χ3n) is 5.47. The molecule has 168 valence electrons. The van der Waals surface area contributed by atoms with Crippen molar-refractivity contribution in [1.82, 2.24) is 15.3 Å². The van der Waals surface area contributed by atoms with E-state index < -0.39 is 5.82 Å². The van der Waals surface area contributed by atoms with Gasteiger partial charge in [-0.2, -0.15) is 0 Å². The molecule has 0 aliphatic carbocycles. The summed E-state index contributed by atoms with van der Waals surface area (Å²) < 4.78 is 32.3. The normalized spacial score (nSPS) is 17.2. The minimum atomic E-state index is -0.651. The SMILES string of the molecule is Fc1c(Nc2ncnc3cc(OC4COC4)c(OC4CCNCC4)cc23)ccc(Cl)c1Cl. The summed E-state index contributed by atoms with van der Waals surface area (Å²) in [6.45, 7) is 2.88. The fourth-order valence-electron chi connectivity index (χ4n) is 3.65. The van der Waals surface area contributed by atoms with Gasteiger partial charge in [0.05, 0.1) is 34.5 Å². The number of hydrogen-bond acceptors (Lipinski definition) is 7. The number of anilines is 2. The van der Waals surface area contributed by atoms with Gasteiger partial charge in [0.1, 0.15) is 24.4 Å². The number of benzene rings is 2. The lowest BCUT2D eigenvalue weighted by Crippen LogP contribution is -2.39. The highest BCUT2D eigenvalue weighted by Crippen LogP contribution is 2.38. The Kier molecular flexibility index (Phi) is 6.19. The van der Waals surface area contributed by atoms with Crippen LogP contribution in [-0.4, -0.2) is 48.5 Å². The molecule has 2 aliphatic rings. The summed E-state index contributed by atoms with van der Waals surface area (Å²) in [6.07, 6.45) is 3.25. The molecule has 1 aromatic heterocycles. The standard InChI is InChI=1S/C22H21Cl2FN4O3/c23-15-1-2-16(21(25)20(15)24)29-22-14-7-18(31-12-3-5-26-6-4-12)19(32-13-9-30-10-13)8-17(14)27-11-28-22/h1-2,7-8,11-13,26H,3-6,9-10H2,(H,27,28,29). The van der Waals surface area contributed by atoms with Gasteiger partial charge in [-0.15, -0.1) is 0 Å². The summed E-state index contributed by atoms with van der Waals surface area (Å²) in [4.78, 5) is 8.68. The lowest BCUT2D eigenvalue weighted by Gasteiger charge is -2.29. The summed E-state index contributed by atoms with van der Waals surface area (Å²) in [5, 5.41) is 6.99. The van der Waals surface area contributed by atoms with Crippen LogP contribution in [0, 0.1) is 5.82 Å². The molecule has 0 spiro atoms. The molecule has 2 aliphatic heterocycles. The molecule has 3 heterocycles. The van der Waals surface area contributed by atoms with Gasteiger partial charge in [-0.3, -0.25) is 0 Å². The van der Waals surface area contributed by atoms with E-state index in [2.05, 4.69) is 20.6 Å². The minimum Gasteiger partial charge on any atom is -0.486 e. The first kappa shape index (κ1) is 21.5. The fraction of sp³-hybridized carbons (Fsp3) is 0.364. The molecule has 2 N–H and O–H groups in total. The molecule has 0 unspecified atom stereocenters. The zero-order valence-corrected chi connectivity index (χ0v) is 18.5. The van der Waals surface area contributed by atoms with E-state index in [1.165, 1.54) is 18.5 Å². The van der Waals surface area contributed by atoms with Gasteiger partial charge in [-0.05, 0) is 44.1 Å². The Balaban J connectivity index is 1.52. The molecule has 32 heavy (non-hydrogen) atoms. The molecule has 0 atom stereocenters. The molecule has 2 fully saturated rings. The van der Waals surface area contributed by atoms with Crippen LogP contribution in [0.3, 0.4) is 0 Å². The van der Waals surface area contributed by atoms with Crippen molar-refractivity contribution in [3.05, 3.63) is 46.5 Å². The maximum Gasteiger partial charge on any atom is 0.166 e. The van der Waals surface area contributed by atoms with E-state index in [4.69, 9.17) is 37.4 Å². The highest BCUT2D eigenvalue weighted by atomic mass is 35.5. The quantitative estimate of drug-likeness (QED) is 0.495. The average Bonchev–Trinajstić information content (AvgIpc) is 2.78. The predicted octanol–water partition coefficient (Wildman–Crippen LogP) is 4.73. The Morgan fingerprint density at radius 2 is 1.78 bits per heavy atom. The molecular formula is C22H21Cl2FN4O3. The lowest BCUT2D eigenvalue weighted by molar-refractivity contribution is -0.0807. The second-order valence-electron chi connectivity index (χ2n) is 7.73. The first-order valence-electron chi connectivity index (χ1n) is 10.4. The maximum absolute atomic E-state index is 14.6. The Hall–Kier alpha value is -2.39. The maximum atomic E-state index is 14.6. The van der Waals surface area contributed by atoms with Crippen LogP contribution in [0.15, 0.2) is 30.6 Å². The minimum absolute atomic E-state index is 0.0208. The van der Waals surface area contributed by atoms with Crippen LogP contribution in [-0.2, 0) is 4.74 Å². The third-order valence-corrected chi connectivity index (χ3v) is 6.25. The largest absolute Gasteiger partial charge is 0.486 e. The first-order chi connectivity index (χ1) is 15.6. The van der Waals surface area contributed by atoms with E-state index in [1.807, 2.05) is 12.1 Å². The molecule has 3 aromatic rings. The molecule has 0 radical (unpaired) electrons. The summed E-state index contributed by atoms with van der Waals surface area (Å²) in [6, 6.07) is 6.70. The second kappa shape index (κ2) is 9.23. The van der Waals surface area contributed by atoms with Crippen LogP contribution in [0.1, 0.15) is 12.8 Å². The summed E-state index contributed by atoms with van der Waals surface area (Å²) in [7, 11) is 0. The molecular weight excluding hydrogens is 458 g/mol. The number of halogens is 3. The highest BCUT2D eigenvalue weighted by molar-refractivity contribution is 6.42. The number of piperidine rings is 1. The average molecular weight is 479 g/mol. The molecule has 10 heteroatoms. The van der Waals surface area contributed by atoms with Gasteiger partial charge in [0.2, 0.25) is 0 Å². The van der Waals surface area contributed by atoms with E-state index in [0.717, 1.165) is 25.9 Å². The van der Waals surface area contributed by atoms with Gasteiger partial charge in [-0.25, -0.2) is 14.4 Å². The monoisotopic (exact) mass is 478 g/mol. The van der Waals surface area contributed by atoms with E-state index >= 15 is 0 Å². The van der Waals surface area contributed by atoms with Crippen molar-refractivity contribution in [2.75, 3.05) is 31.6 Å². The Morgan fingerprint density at radius 1 is 1.03 bits per heavy atom. The fourth-order valence-corrected chi connectivity index (χ4v) is 3.96. The zero-order valence-electron chi connectivity index (χ0n) is 17.0. The number of hydrogen-bond donors (Lipinski definition) is 2. The molecule has 0 amide bonds. The Labute approximate surface area is 194 Å². The molecule has 2 aromatic carbocycles.